The first-order valence-electron chi connectivity index (χ1n) is 8.39. The molecule has 0 bridgehead atoms. The van der Waals surface area contributed by atoms with Crippen molar-refractivity contribution in [3.05, 3.63) is 64.2 Å². The summed E-state index contributed by atoms with van der Waals surface area (Å²) in [6.45, 7) is 4.52. The molecule has 7 nitrogen and oxygen atoms in total. The van der Waals surface area contributed by atoms with E-state index in [1.807, 2.05) is 6.07 Å². The number of benzene rings is 2. The fraction of sp³-hybridized carbons (Fsp3) is 0.278. The van der Waals surface area contributed by atoms with Crippen LogP contribution < -0.4 is 16.0 Å². The third-order valence-electron chi connectivity index (χ3n) is 4.42. The van der Waals surface area contributed by atoms with E-state index in [1.54, 1.807) is 12.1 Å². The summed E-state index contributed by atoms with van der Waals surface area (Å²) in [7, 11) is 0. The average Bonchev–Trinajstić information content (AvgIpc) is 2.62. The Morgan fingerprint density at radius 2 is 1.85 bits per heavy atom. The number of hydrogen-bond acceptors (Lipinski definition) is 5. The Bertz CT molecular complexity index is 791. The molecule has 0 radical (unpaired) electrons. The molecule has 3 N–H and O–H groups in total. The molecule has 136 valence electrons. The molecule has 3 rings (SSSR count). The van der Waals surface area contributed by atoms with Gasteiger partial charge in [-0.2, -0.15) is 0 Å². The minimum absolute atomic E-state index is 0.0120. The van der Waals surface area contributed by atoms with Crippen LogP contribution in [0.5, 0.6) is 0 Å². The first-order chi connectivity index (χ1) is 12.5. The predicted molar refractivity (Wildman–Crippen MR) is 107 cm³/mol. The summed E-state index contributed by atoms with van der Waals surface area (Å²) < 4.78 is 0. The van der Waals surface area contributed by atoms with Gasteiger partial charge < -0.3 is 16.0 Å². The molecule has 1 fully saturated rings. The minimum atomic E-state index is -0.442. The molecule has 0 spiro atoms. The molecule has 0 aromatic heterocycles. The van der Waals surface area contributed by atoms with Crippen LogP contribution in [0.25, 0.3) is 0 Å². The highest BCUT2D eigenvalue weighted by molar-refractivity contribution is 7.80. The van der Waals surface area contributed by atoms with Crippen molar-refractivity contribution in [1.82, 2.24) is 4.90 Å². The van der Waals surface area contributed by atoms with Gasteiger partial charge in [-0.25, -0.2) is 0 Å². The van der Waals surface area contributed by atoms with Gasteiger partial charge in [0.2, 0.25) is 0 Å². The molecule has 0 saturated carbocycles. The monoisotopic (exact) mass is 371 g/mol. The number of nitrogens with zero attached hydrogens (tertiary/aromatic N) is 3. The molecule has 0 unspecified atom stereocenters. The van der Waals surface area contributed by atoms with Crippen LogP contribution in [-0.2, 0) is 6.54 Å². The van der Waals surface area contributed by atoms with Crippen molar-refractivity contribution in [3.8, 4) is 0 Å². The number of nitrogens with one attached hydrogen (secondary N) is 1. The molecule has 8 heteroatoms. The van der Waals surface area contributed by atoms with Crippen molar-refractivity contribution in [1.29, 1.82) is 0 Å². The number of hydrogen-bond donors (Lipinski definition) is 2. The maximum Gasteiger partial charge on any atom is 0.292 e. The van der Waals surface area contributed by atoms with Gasteiger partial charge in [-0.1, -0.05) is 30.3 Å². The molecule has 1 saturated heterocycles. The standard InChI is InChI=1S/C18H21N5O2S/c19-18(26)20-16-12-15(6-7-17(16)23(24)25)22-10-8-21(9-11-22)13-14-4-2-1-3-5-14/h1-7,12H,8-11,13H2,(H3,19,20,26). The lowest BCUT2D eigenvalue weighted by Gasteiger charge is -2.36. The maximum absolute atomic E-state index is 11.2. The normalized spacial score (nSPS) is 14.8. The van der Waals surface area contributed by atoms with Crippen LogP contribution in [0.4, 0.5) is 17.1 Å². The average molecular weight is 371 g/mol. The van der Waals surface area contributed by atoms with Gasteiger partial charge in [-0.05, 0) is 29.9 Å². The minimum Gasteiger partial charge on any atom is -0.376 e. The molecule has 1 heterocycles. The Morgan fingerprint density at radius 3 is 2.46 bits per heavy atom. The molecule has 0 amide bonds. The molecule has 2 aromatic rings. The largest absolute Gasteiger partial charge is 0.376 e. The third kappa shape index (κ3) is 4.47. The summed E-state index contributed by atoms with van der Waals surface area (Å²) in [5.74, 6) is 0. The topological polar surface area (TPSA) is 87.7 Å². The van der Waals surface area contributed by atoms with Crippen molar-refractivity contribution >= 4 is 34.4 Å². The Morgan fingerprint density at radius 1 is 1.15 bits per heavy atom. The van der Waals surface area contributed by atoms with Crippen LogP contribution in [0.1, 0.15) is 5.56 Å². The molecule has 26 heavy (non-hydrogen) atoms. The molecule has 2 aromatic carbocycles. The van der Waals surface area contributed by atoms with Crippen molar-refractivity contribution in [3.63, 3.8) is 0 Å². The zero-order chi connectivity index (χ0) is 18.5. The van der Waals surface area contributed by atoms with Gasteiger partial charge >= 0.3 is 0 Å². The van der Waals surface area contributed by atoms with E-state index < -0.39 is 4.92 Å². The van der Waals surface area contributed by atoms with Crippen molar-refractivity contribution in [2.75, 3.05) is 36.4 Å². The van der Waals surface area contributed by atoms with Gasteiger partial charge in [-0.3, -0.25) is 15.0 Å². The van der Waals surface area contributed by atoms with Gasteiger partial charge in [0.05, 0.1) is 4.92 Å². The first kappa shape index (κ1) is 18.1. The van der Waals surface area contributed by atoms with Crippen LogP contribution in [-0.4, -0.2) is 41.1 Å². The van der Waals surface area contributed by atoms with Crippen LogP contribution in [0.2, 0.25) is 0 Å². The van der Waals surface area contributed by atoms with Crippen molar-refractivity contribution in [2.45, 2.75) is 6.54 Å². The number of nitro groups is 1. The van der Waals surface area contributed by atoms with E-state index in [2.05, 4.69) is 39.4 Å². The van der Waals surface area contributed by atoms with E-state index in [-0.39, 0.29) is 10.8 Å². The van der Waals surface area contributed by atoms with Gasteiger partial charge in [0.1, 0.15) is 5.69 Å². The second-order valence-corrected chi connectivity index (χ2v) is 6.64. The number of rotatable bonds is 5. The van der Waals surface area contributed by atoms with E-state index in [0.29, 0.717) is 5.69 Å². The summed E-state index contributed by atoms with van der Waals surface area (Å²) in [6.07, 6.45) is 0. The van der Waals surface area contributed by atoms with Crippen LogP contribution in [0.15, 0.2) is 48.5 Å². The number of nitro benzene ring substituents is 1. The molecule has 1 aliphatic rings. The lowest BCUT2D eigenvalue weighted by Crippen LogP contribution is -2.46. The summed E-state index contributed by atoms with van der Waals surface area (Å²) in [6, 6.07) is 15.4. The molecule has 0 aliphatic carbocycles. The fourth-order valence-corrected chi connectivity index (χ4v) is 3.23. The van der Waals surface area contributed by atoms with E-state index in [4.69, 9.17) is 18.0 Å². The van der Waals surface area contributed by atoms with Gasteiger partial charge in [0.25, 0.3) is 5.69 Å². The highest BCUT2D eigenvalue weighted by atomic mass is 32.1. The lowest BCUT2D eigenvalue weighted by atomic mass is 10.1. The van der Waals surface area contributed by atoms with E-state index >= 15 is 0 Å². The Balaban J connectivity index is 1.67. The summed E-state index contributed by atoms with van der Waals surface area (Å²) in [5.41, 5.74) is 8.01. The number of nitrogens with two attached hydrogens (primary N) is 1. The lowest BCUT2D eigenvalue weighted by molar-refractivity contribution is -0.383. The molecular weight excluding hydrogens is 350 g/mol. The van der Waals surface area contributed by atoms with Gasteiger partial charge in [0.15, 0.2) is 5.11 Å². The zero-order valence-electron chi connectivity index (χ0n) is 14.3. The fourth-order valence-electron chi connectivity index (χ4n) is 3.12. The second-order valence-electron chi connectivity index (χ2n) is 6.20. The summed E-state index contributed by atoms with van der Waals surface area (Å²) >= 11 is 4.82. The van der Waals surface area contributed by atoms with E-state index in [9.17, 15) is 10.1 Å². The predicted octanol–water partition coefficient (Wildman–Crippen LogP) is 2.57. The molecule has 1 aliphatic heterocycles. The van der Waals surface area contributed by atoms with Crippen LogP contribution >= 0.6 is 12.2 Å². The second kappa shape index (κ2) is 8.11. The van der Waals surface area contributed by atoms with E-state index in [1.165, 1.54) is 11.6 Å². The van der Waals surface area contributed by atoms with Crippen molar-refractivity contribution < 1.29 is 4.92 Å². The molecular formula is C18H21N5O2S. The number of piperazine rings is 1. The smallest absolute Gasteiger partial charge is 0.292 e. The first-order valence-corrected chi connectivity index (χ1v) is 8.80. The Hall–Kier alpha value is -2.71. The summed E-state index contributed by atoms with van der Waals surface area (Å²) in [4.78, 5) is 15.4. The summed E-state index contributed by atoms with van der Waals surface area (Å²) in [5, 5.41) is 13.9. The van der Waals surface area contributed by atoms with E-state index in [0.717, 1.165) is 38.4 Å². The van der Waals surface area contributed by atoms with Crippen LogP contribution in [0, 0.1) is 10.1 Å². The number of anilines is 2. The zero-order valence-corrected chi connectivity index (χ0v) is 15.1. The quantitative estimate of drug-likeness (QED) is 0.474. The van der Waals surface area contributed by atoms with Gasteiger partial charge in [0, 0.05) is 44.5 Å². The van der Waals surface area contributed by atoms with Gasteiger partial charge in [-0.15, -0.1) is 0 Å². The Kier molecular flexibility index (Phi) is 5.65. The highest BCUT2D eigenvalue weighted by Crippen LogP contribution is 2.30. The number of thiocarbonyl (C=S) groups is 1. The Labute approximate surface area is 157 Å². The highest BCUT2D eigenvalue weighted by Gasteiger charge is 2.20. The SMILES string of the molecule is NC(=S)Nc1cc(N2CCN(Cc3ccccc3)CC2)ccc1[N+](=O)[O-]. The van der Waals surface area contributed by atoms with Crippen molar-refractivity contribution in [2.24, 2.45) is 5.73 Å². The molecule has 0 atom stereocenters. The van der Waals surface area contributed by atoms with Crippen LogP contribution in [0.3, 0.4) is 0 Å². The maximum atomic E-state index is 11.2. The third-order valence-corrected chi connectivity index (χ3v) is 4.52.